The minimum absolute atomic E-state index is 0.0738. The van der Waals surface area contributed by atoms with Crippen LogP contribution in [0, 0.1) is 11.3 Å². The second kappa shape index (κ2) is 5.85. The smallest absolute Gasteiger partial charge is 0.239 e. The average molecular weight is 232 g/mol. The summed E-state index contributed by atoms with van der Waals surface area (Å²) in [6.45, 7) is 4.02. The Balaban J connectivity index is 2.73. The van der Waals surface area contributed by atoms with Crippen molar-refractivity contribution in [3.05, 3.63) is 24.0 Å². The van der Waals surface area contributed by atoms with E-state index in [0.29, 0.717) is 11.4 Å². The van der Waals surface area contributed by atoms with Crippen molar-refractivity contribution in [3.8, 4) is 6.07 Å². The minimum Gasteiger partial charge on any atom is -0.363 e. The van der Waals surface area contributed by atoms with E-state index in [2.05, 4.69) is 10.3 Å². The molecule has 90 valence electrons. The first-order valence-corrected chi connectivity index (χ1v) is 5.40. The van der Waals surface area contributed by atoms with Gasteiger partial charge in [-0.05, 0) is 26.0 Å². The summed E-state index contributed by atoms with van der Waals surface area (Å²) in [4.78, 5) is 17.2. The predicted molar refractivity (Wildman–Crippen MR) is 65.5 cm³/mol. The molecule has 1 aromatic rings. The molecule has 5 heteroatoms. The predicted octanol–water partition coefficient (Wildman–Crippen LogP) is 0.914. The van der Waals surface area contributed by atoms with Crippen molar-refractivity contribution in [1.29, 1.82) is 5.26 Å². The van der Waals surface area contributed by atoms with Gasteiger partial charge in [-0.1, -0.05) is 0 Å². The summed E-state index contributed by atoms with van der Waals surface area (Å²) >= 11 is 0. The van der Waals surface area contributed by atoms with Crippen molar-refractivity contribution in [2.24, 2.45) is 0 Å². The molecule has 0 aliphatic carbocycles. The van der Waals surface area contributed by atoms with Crippen molar-refractivity contribution in [1.82, 2.24) is 10.3 Å². The standard InChI is InChI=1S/C12H16N4O/c1-9(2)15-12(17)8-16(3)11-5-4-6-14-10(11)7-13/h4-6,9H,8H2,1-3H3,(H,15,17). The van der Waals surface area contributed by atoms with Gasteiger partial charge in [-0.15, -0.1) is 0 Å². The van der Waals surface area contributed by atoms with Crippen LogP contribution >= 0.6 is 0 Å². The lowest BCUT2D eigenvalue weighted by atomic mass is 10.3. The van der Waals surface area contributed by atoms with Gasteiger partial charge in [-0.3, -0.25) is 4.79 Å². The Morgan fingerprint density at radius 3 is 2.94 bits per heavy atom. The second-order valence-corrected chi connectivity index (χ2v) is 4.06. The highest BCUT2D eigenvalue weighted by atomic mass is 16.2. The summed E-state index contributed by atoms with van der Waals surface area (Å²) in [7, 11) is 1.76. The number of likely N-dealkylation sites (N-methyl/N-ethyl adjacent to an activating group) is 1. The number of nitrogens with zero attached hydrogens (tertiary/aromatic N) is 3. The fraction of sp³-hybridized carbons (Fsp3) is 0.417. The zero-order chi connectivity index (χ0) is 12.8. The molecular weight excluding hydrogens is 216 g/mol. The molecular formula is C12H16N4O. The van der Waals surface area contributed by atoms with Crippen LogP contribution in [0.1, 0.15) is 19.5 Å². The molecule has 5 nitrogen and oxygen atoms in total. The first-order valence-electron chi connectivity index (χ1n) is 5.40. The van der Waals surface area contributed by atoms with E-state index in [4.69, 9.17) is 5.26 Å². The van der Waals surface area contributed by atoms with E-state index in [1.165, 1.54) is 0 Å². The lowest BCUT2D eigenvalue weighted by molar-refractivity contribution is -0.120. The number of amides is 1. The number of nitriles is 1. The van der Waals surface area contributed by atoms with Crippen molar-refractivity contribution < 1.29 is 4.79 Å². The Bertz CT molecular complexity index is 436. The quantitative estimate of drug-likeness (QED) is 0.838. The molecule has 0 spiro atoms. The van der Waals surface area contributed by atoms with Crippen molar-refractivity contribution in [2.75, 3.05) is 18.5 Å². The number of carbonyl (C=O) groups excluding carboxylic acids is 1. The molecule has 0 aliphatic heterocycles. The van der Waals surface area contributed by atoms with Crippen LogP contribution in [0.5, 0.6) is 0 Å². The van der Waals surface area contributed by atoms with E-state index >= 15 is 0 Å². The molecule has 0 saturated heterocycles. The first kappa shape index (κ1) is 13.0. The third kappa shape index (κ3) is 3.76. The fourth-order valence-electron chi connectivity index (χ4n) is 1.46. The second-order valence-electron chi connectivity index (χ2n) is 4.06. The van der Waals surface area contributed by atoms with Gasteiger partial charge in [-0.25, -0.2) is 4.98 Å². The van der Waals surface area contributed by atoms with Crippen LogP contribution in [-0.2, 0) is 4.79 Å². The average Bonchev–Trinajstić information content (AvgIpc) is 2.27. The normalized spacial score (nSPS) is 9.82. The summed E-state index contributed by atoms with van der Waals surface area (Å²) in [5.41, 5.74) is 0.987. The van der Waals surface area contributed by atoms with Crippen LogP contribution in [0.25, 0.3) is 0 Å². The molecule has 0 radical (unpaired) electrons. The van der Waals surface area contributed by atoms with Gasteiger partial charge in [0.05, 0.1) is 12.2 Å². The number of rotatable bonds is 4. The van der Waals surface area contributed by atoms with Gasteiger partial charge in [0.25, 0.3) is 0 Å². The summed E-state index contributed by atoms with van der Waals surface area (Å²) in [5.74, 6) is -0.0738. The number of hydrogen-bond donors (Lipinski definition) is 1. The Labute approximate surface area is 101 Å². The third-order valence-corrected chi connectivity index (χ3v) is 2.13. The SMILES string of the molecule is CC(C)NC(=O)CN(C)c1cccnc1C#N. The third-order valence-electron chi connectivity index (χ3n) is 2.13. The summed E-state index contributed by atoms with van der Waals surface area (Å²) in [6, 6.07) is 5.63. The van der Waals surface area contributed by atoms with Crippen LogP contribution in [0.15, 0.2) is 18.3 Å². The maximum Gasteiger partial charge on any atom is 0.239 e. The molecule has 1 N–H and O–H groups in total. The van der Waals surface area contributed by atoms with Gasteiger partial charge >= 0.3 is 0 Å². The van der Waals surface area contributed by atoms with E-state index in [1.807, 2.05) is 19.9 Å². The topological polar surface area (TPSA) is 69.0 Å². The summed E-state index contributed by atoms with van der Waals surface area (Å²) in [6.07, 6.45) is 1.56. The minimum atomic E-state index is -0.0738. The molecule has 17 heavy (non-hydrogen) atoms. The van der Waals surface area contributed by atoms with Gasteiger partial charge in [0, 0.05) is 19.3 Å². The van der Waals surface area contributed by atoms with Crippen LogP contribution in [0.3, 0.4) is 0 Å². The number of anilines is 1. The zero-order valence-corrected chi connectivity index (χ0v) is 10.3. The Kier molecular flexibility index (Phi) is 4.46. The van der Waals surface area contributed by atoms with Gasteiger partial charge in [0.15, 0.2) is 5.69 Å². The fourth-order valence-corrected chi connectivity index (χ4v) is 1.46. The van der Waals surface area contributed by atoms with E-state index in [1.54, 1.807) is 30.3 Å². The summed E-state index contributed by atoms with van der Waals surface area (Å²) < 4.78 is 0. The number of hydrogen-bond acceptors (Lipinski definition) is 4. The van der Waals surface area contributed by atoms with Crippen molar-refractivity contribution >= 4 is 11.6 Å². The molecule has 1 heterocycles. The van der Waals surface area contributed by atoms with Crippen molar-refractivity contribution in [2.45, 2.75) is 19.9 Å². The van der Waals surface area contributed by atoms with Crippen LogP contribution in [-0.4, -0.2) is 30.5 Å². The summed E-state index contributed by atoms with van der Waals surface area (Å²) in [5, 5.41) is 11.7. The molecule has 1 aromatic heterocycles. The number of nitrogens with one attached hydrogen (secondary N) is 1. The largest absolute Gasteiger partial charge is 0.363 e. The highest BCUT2D eigenvalue weighted by Crippen LogP contribution is 2.15. The van der Waals surface area contributed by atoms with E-state index < -0.39 is 0 Å². The van der Waals surface area contributed by atoms with Gasteiger partial charge in [-0.2, -0.15) is 5.26 Å². The molecule has 0 atom stereocenters. The molecule has 0 aliphatic rings. The maximum absolute atomic E-state index is 11.6. The number of carbonyl (C=O) groups is 1. The van der Waals surface area contributed by atoms with Crippen molar-refractivity contribution in [3.63, 3.8) is 0 Å². The molecule has 0 saturated carbocycles. The lowest BCUT2D eigenvalue weighted by Crippen LogP contribution is -2.38. The number of pyridine rings is 1. The molecule has 0 fully saturated rings. The Morgan fingerprint density at radius 2 is 2.35 bits per heavy atom. The molecule has 0 bridgehead atoms. The van der Waals surface area contributed by atoms with E-state index in [0.717, 1.165) is 0 Å². The Morgan fingerprint density at radius 1 is 1.65 bits per heavy atom. The van der Waals surface area contributed by atoms with E-state index in [-0.39, 0.29) is 18.5 Å². The molecule has 1 amide bonds. The molecule has 1 rings (SSSR count). The van der Waals surface area contributed by atoms with E-state index in [9.17, 15) is 4.79 Å². The Hall–Kier alpha value is -2.09. The van der Waals surface area contributed by atoms with Gasteiger partial charge in [0.1, 0.15) is 6.07 Å². The first-order chi connectivity index (χ1) is 8.04. The van der Waals surface area contributed by atoms with Gasteiger partial charge in [0.2, 0.25) is 5.91 Å². The number of aromatic nitrogens is 1. The van der Waals surface area contributed by atoms with Gasteiger partial charge < -0.3 is 10.2 Å². The lowest BCUT2D eigenvalue weighted by Gasteiger charge is -2.20. The van der Waals surface area contributed by atoms with Crippen LogP contribution < -0.4 is 10.2 Å². The molecule has 0 unspecified atom stereocenters. The highest BCUT2D eigenvalue weighted by Gasteiger charge is 2.11. The maximum atomic E-state index is 11.6. The van der Waals surface area contributed by atoms with Crippen LogP contribution in [0.2, 0.25) is 0 Å². The van der Waals surface area contributed by atoms with Crippen LogP contribution in [0.4, 0.5) is 5.69 Å². The monoisotopic (exact) mass is 232 g/mol. The highest BCUT2D eigenvalue weighted by molar-refractivity contribution is 5.81. The zero-order valence-electron chi connectivity index (χ0n) is 10.3. The molecule has 0 aromatic carbocycles.